The van der Waals surface area contributed by atoms with Gasteiger partial charge < -0.3 is 24.3 Å². The molecule has 314 valence electrons. The van der Waals surface area contributed by atoms with Gasteiger partial charge in [0.25, 0.3) is 8.32 Å². The second-order valence-corrected chi connectivity index (χ2v) is 24.3. The second-order valence-electron chi connectivity index (χ2n) is 17.9. The summed E-state index contributed by atoms with van der Waals surface area (Å²) in [5.74, 6) is -0.806. The fourth-order valence-electron chi connectivity index (χ4n) is 9.76. The molecule has 4 N–H and O–H groups in total. The Morgan fingerprint density at radius 3 is 2.32 bits per heavy atom. The monoisotopic (exact) mass is 856 g/mol. The zero-order valence-corrected chi connectivity index (χ0v) is 36.8. The number of primary sulfonamides is 1. The van der Waals surface area contributed by atoms with E-state index in [0.29, 0.717) is 30.5 Å². The summed E-state index contributed by atoms with van der Waals surface area (Å²) in [6, 6.07) is 31.8. The number of aryl methyl sites for hydroxylation is 1. The average Bonchev–Trinajstić information content (AvgIpc) is 3.33. The molecule has 0 amide bonds. The predicted octanol–water partition coefficient (Wildman–Crippen LogP) is 7.33. The number of carbonyl (C=O) groups is 1. The lowest BCUT2D eigenvalue weighted by Crippen LogP contribution is -2.66. The average molecular weight is 858 g/mol. The van der Waals surface area contributed by atoms with Crippen molar-refractivity contribution in [3.05, 3.63) is 131 Å². The summed E-state index contributed by atoms with van der Waals surface area (Å²) in [5.41, 5.74) is 3.08. The molecule has 9 nitrogen and oxygen atoms in total. The Morgan fingerprint density at radius 2 is 1.71 bits per heavy atom. The largest absolute Gasteiger partial charge is 0.490 e. The van der Waals surface area contributed by atoms with Crippen molar-refractivity contribution in [1.29, 1.82) is 0 Å². The summed E-state index contributed by atoms with van der Waals surface area (Å²) in [5, 5.41) is 30.0. The maximum absolute atomic E-state index is 12.3. The quantitative estimate of drug-likeness (QED) is 0.0886. The number of fused-ring (bicyclic) bond motifs is 3. The van der Waals surface area contributed by atoms with Gasteiger partial charge in [0.1, 0.15) is 5.75 Å². The maximum atomic E-state index is 12.3. The molecule has 1 saturated carbocycles. The smallest absolute Gasteiger partial charge is 0.335 e. The first kappa shape index (κ1) is 43.1. The minimum absolute atomic E-state index is 0.0496. The third kappa shape index (κ3) is 9.36. The van der Waals surface area contributed by atoms with Crippen molar-refractivity contribution in [3.63, 3.8) is 0 Å². The van der Waals surface area contributed by atoms with Crippen LogP contribution in [0.1, 0.15) is 74.4 Å². The third-order valence-corrected chi connectivity index (χ3v) is 19.0. The standard InChI is InChI=1S/C47H57ClN2O7SSi/c1-46(2,3)59(38-12-6-4-7-13-38,39-14-8-5-9-15-39)57-30-33(24-26-58(49,54)55)16-22-43(51)40-20-17-36(40)29-50-31-47(25-10-11-34-27-37(48)19-21-41(34)47)32-56-44-23-18-35(45(52)53)28-42(44)50/h4-9,12-16,18-19,21-23,27-28,33,36,40,43,51H,10-11,17,20,24-26,29-32H2,1-3H3,(H,52,53)(H2,49,54,55)/b22-16+/t33-,36+,40-,43+,47+/m1/s1. The number of aromatic carboxylic acids is 1. The van der Waals surface area contributed by atoms with Crippen LogP contribution in [-0.2, 0) is 26.3 Å². The Bertz CT molecular complexity index is 2210. The first-order chi connectivity index (χ1) is 28.1. The van der Waals surface area contributed by atoms with E-state index >= 15 is 0 Å². The van der Waals surface area contributed by atoms with E-state index in [4.69, 9.17) is 25.9 Å². The third-order valence-electron chi connectivity index (χ3n) is 12.9. The fourth-order valence-corrected chi connectivity index (χ4v) is 15.2. The highest BCUT2D eigenvalue weighted by Gasteiger charge is 2.50. The molecule has 59 heavy (non-hydrogen) atoms. The van der Waals surface area contributed by atoms with Crippen molar-refractivity contribution in [1.82, 2.24) is 0 Å². The number of nitrogens with zero attached hydrogens (tertiary/aromatic N) is 1. The number of anilines is 1. The van der Waals surface area contributed by atoms with Gasteiger partial charge in [0.2, 0.25) is 10.0 Å². The highest BCUT2D eigenvalue weighted by molar-refractivity contribution is 7.89. The lowest BCUT2D eigenvalue weighted by atomic mass is 9.68. The molecular weight excluding hydrogens is 800 g/mol. The van der Waals surface area contributed by atoms with E-state index in [1.165, 1.54) is 11.1 Å². The normalized spacial score (nSPS) is 21.8. The van der Waals surface area contributed by atoms with Crippen molar-refractivity contribution < 1.29 is 32.6 Å². The number of ether oxygens (including phenoxy) is 1. The van der Waals surface area contributed by atoms with Gasteiger partial charge >= 0.3 is 5.97 Å². The van der Waals surface area contributed by atoms with Crippen LogP contribution in [0.5, 0.6) is 5.75 Å². The van der Waals surface area contributed by atoms with E-state index in [1.54, 1.807) is 18.2 Å². The molecule has 12 heteroatoms. The highest BCUT2D eigenvalue weighted by atomic mass is 35.5. The van der Waals surface area contributed by atoms with Crippen molar-refractivity contribution in [3.8, 4) is 5.75 Å². The Morgan fingerprint density at radius 1 is 1.02 bits per heavy atom. The minimum atomic E-state index is -3.75. The molecule has 1 heterocycles. The van der Waals surface area contributed by atoms with Gasteiger partial charge in [-0.3, -0.25) is 0 Å². The number of halogens is 1. The van der Waals surface area contributed by atoms with Crippen molar-refractivity contribution >= 4 is 52.0 Å². The summed E-state index contributed by atoms with van der Waals surface area (Å²) in [6.45, 7) is 8.59. The van der Waals surface area contributed by atoms with Gasteiger partial charge in [-0.05, 0) is 107 Å². The Hall–Kier alpha value is -3.97. The molecule has 0 radical (unpaired) electrons. The number of rotatable bonds is 14. The van der Waals surface area contributed by atoms with Gasteiger partial charge in [-0.25, -0.2) is 18.4 Å². The highest BCUT2D eigenvalue weighted by Crippen LogP contribution is 2.47. The molecule has 3 aliphatic rings. The molecule has 0 unspecified atom stereocenters. The zero-order chi connectivity index (χ0) is 42.0. The number of hydrogen-bond donors (Lipinski definition) is 3. The van der Waals surface area contributed by atoms with Crippen molar-refractivity contribution in [2.45, 2.75) is 75.9 Å². The van der Waals surface area contributed by atoms with Crippen molar-refractivity contribution in [2.75, 3.05) is 37.0 Å². The molecule has 1 spiro atoms. The molecule has 0 aromatic heterocycles. The Balaban J connectivity index is 1.14. The van der Waals surface area contributed by atoms with E-state index in [2.05, 4.69) is 62.1 Å². The number of carboxylic acid groups (broad SMARTS) is 1. The van der Waals surface area contributed by atoms with Gasteiger partial charge in [-0.2, -0.15) is 0 Å². The van der Waals surface area contributed by atoms with Crippen LogP contribution in [0.4, 0.5) is 5.69 Å². The topological polar surface area (TPSA) is 139 Å². The van der Waals surface area contributed by atoms with Gasteiger partial charge in [-0.15, -0.1) is 0 Å². The van der Waals surface area contributed by atoms with Gasteiger partial charge in [0.05, 0.1) is 29.7 Å². The summed E-state index contributed by atoms with van der Waals surface area (Å²) in [4.78, 5) is 14.5. The summed E-state index contributed by atoms with van der Waals surface area (Å²) >= 11 is 6.45. The molecule has 2 aliphatic carbocycles. The van der Waals surface area contributed by atoms with Crippen LogP contribution < -0.4 is 25.1 Å². The molecule has 1 fully saturated rings. The van der Waals surface area contributed by atoms with Crippen LogP contribution in [0.25, 0.3) is 0 Å². The van der Waals surface area contributed by atoms with E-state index in [0.717, 1.165) is 48.2 Å². The van der Waals surface area contributed by atoms with Crippen LogP contribution in [0.15, 0.2) is 109 Å². The predicted molar refractivity (Wildman–Crippen MR) is 238 cm³/mol. The van der Waals surface area contributed by atoms with Gasteiger partial charge in [-0.1, -0.05) is 111 Å². The maximum Gasteiger partial charge on any atom is 0.335 e. The molecular formula is C47H57ClN2O7SSi. The molecule has 0 bridgehead atoms. The number of aliphatic hydroxyl groups excluding tert-OH is 1. The van der Waals surface area contributed by atoms with Crippen LogP contribution in [0.2, 0.25) is 10.1 Å². The van der Waals surface area contributed by atoms with Crippen molar-refractivity contribution in [2.24, 2.45) is 22.9 Å². The fraction of sp³-hybridized carbons (Fsp3) is 0.426. The number of carboxylic acids is 1. The van der Waals surface area contributed by atoms with Crippen LogP contribution in [-0.4, -0.2) is 71.1 Å². The number of sulfonamides is 1. The molecule has 1 aliphatic heterocycles. The second kappa shape index (κ2) is 17.6. The van der Waals surface area contributed by atoms with E-state index in [9.17, 15) is 23.4 Å². The van der Waals surface area contributed by atoms with Crippen LogP contribution >= 0.6 is 11.6 Å². The molecule has 4 aromatic carbocycles. The molecule has 0 saturated heterocycles. The van der Waals surface area contributed by atoms with Crippen LogP contribution in [0, 0.1) is 17.8 Å². The zero-order valence-electron chi connectivity index (χ0n) is 34.2. The van der Waals surface area contributed by atoms with E-state index in [1.807, 2.05) is 54.6 Å². The molecule has 4 aromatic rings. The minimum Gasteiger partial charge on any atom is -0.490 e. The Labute approximate surface area is 355 Å². The first-order valence-corrected chi connectivity index (χ1v) is 24.7. The lowest BCUT2D eigenvalue weighted by molar-refractivity contribution is 0.0453. The summed E-state index contributed by atoms with van der Waals surface area (Å²) in [6.07, 6.45) is 7.81. The van der Waals surface area contributed by atoms with Gasteiger partial charge in [0, 0.05) is 36.1 Å². The van der Waals surface area contributed by atoms with E-state index < -0.39 is 30.4 Å². The van der Waals surface area contributed by atoms with E-state index in [-0.39, 0.29) is 52.6 Å². The summed E-state index contributed by atoms with van der Waals surface area (Å²) < 4.78 is 38.3. The molecule has 7 rings (SSSR count). The summed E-state index contributed by atoms with van der Waals surface area (Å²) in [7, 11) is -6.67. The number of aliphatic hydroxyl groups is 1. The SMILES string of the molecule is CC(C)(C)[Si](OC[C@H](/C=C/[C@H](O)[C@@H]1CC[C@H]1CN1C[C@@]2(CCCc3cc(Cl)ccc32)COc2ccc(C(=O)O)cc21)CCS(N)(=O)=O)(c1ccccc1)c1ccccc1. The lowest BCUT2D eigenvalue weighted by Gasteiger charge is -2.45. The van der Waals surface area contributed by atoms with Gasteiger partial charge in [0.15, 0.2) is 0 Å². The molecule has 5 atom stereocenters. The number of nitrogens with two attached hydrogens (primary N) is 1. The Kier molecular flexibility index (Phi) is 12.8. The number of hydrogen-bond acceptors (Lipinski definition) is 7. The van der Waals surface area contributed by atoms with Crippen LogP contribution in [0.3, 0.4) is 0 Å². The first-order valence-electron chi connectivity index (χ1n) is 20.7. The number of benzene rings is 4.